The van der Waals surface area contributed by atoms with E-state index in [0.29, 0.717) is 6.04 Å². The van der Waals surface area contributed by atoms with Gasteiger partial charge < -0.3 is 10.2 Å². The lowest BCUT2D eigenvalue weighted by atomic mass is 10.2. The predicted molar refractivity (Wildman–Crippen MR) is 81.6 cm³/mol. The summed E-state index contributed by atoms with van der Waals surface area (Å²) in [6.07, 6.45) is 2.79. The molecule has 0 atom stereocenters. The molecule has 19 heavy (non-hydrogen) atoms. The summed E-state index contributed by atoms with van der Waals surface area (Å²) < 4.78 is 0. The molecule has 1 aliphatic rings. The molecule has 106 valence electrons. The van der Waals surface area contributed by atoms with Gasteiger partial charge in [0.05, 0.1) is 0 Å². The molecule has 0 aromatic carbocycles. The summed E-state index contributed by atoms with van der Waals surface area (Å²) in [6, 6.07) is 4.92. The van der Waals surface area contributed by atoms with Crippen molar-refractivity contribution in [2.45, 2.75) is 53.1 Å². The minimum Gasteiger partial charge on any atom is -0.357 e. The van der Waals surface area contributed by atoms with E-state index in [9.17, 15) is 0 Å². The van der Waals surface area contributed by atoms with Crippen molar-refractivity contribution in [2.75, 3.05) is 18.0 Å². The molecule has 1 aromatic heterocycles. The van der Waals surface area contributed by atoms with Gasteiger partial charge in [0.15, 0.2) is 0 Å². The molecule has 0 bridgehead atoms. The smallest absolute Gasteiger partial charge is 0.128 e. The number of aromatic nitrogens is 1. The highest BCUT2D eigenvalue weighted by Crippen LogP contribution is 2.31. The van der Waals surface area contributed by atoms with Gasteiger partial charge in [-0.05, 0) is 44.2 Å². The first-order valence-electron chi connectivity index (χ1n) is 7.55. The summed E-state index contributed by atoms with van der Waals surface area (Å²) in [4.78, 5) is 7.20. The van der Waals surface area contributed by atoms with E-state index in [-0.39, 0.29) is 0 Å². The fourth-order valence-corrected chi connectivity index (χ4v) is 2.25. The van der Waals surface area contributed by atoms with Crippen molar-refractivity contribution in [1.29, 1.82) is 0 Å². The van der Waals surface area contributed by atoms with Crippen molar-refractivity contribution in [3.05, 3.63) is 23.4 Å². The van der Waals surface area contributed by atoms with Gasteiger partial charge in [0.2, 0.25) is 0 Å². The maximum absolute atomic E-state index is 4.79. The van der Waals surface area contributed by atoms with Gasteiger partial charge in [-0.3, -0.25) is 0 Å². The lowest BCUT2D eigenvalue weighted by molar-refractivity contribution is 0.586. The van der Waals surface area contributed by atoms with Crippen LogP contribution in [0, 0.1) is 12.8 Å². The largest absolute Gasteiger partial charge is 0.357 e. The molecule has 0 amide bonds. The summed E-state index contributed by atoms with van der Waals surface area (Å²) >= 11 is 0. The Morgan fingerprint density at radius 3 is 2.63 bits per heavy atom. The number of aryl methyl sites for hydroxylation is 1. The number of rotatable bonds is 7. The van der Waals surface area contributed by atoms with Crippen LogP contribution in [-0.4, -0.2) is 24.1 Å². The first-order valence-corrected chi connectivity index (χ1v) is 7.55. The minimum atomic E-state index is 0.515. The third kappa shape index (κ3) is 4.20. The van der Waals surface area contributed by atoms with Crippen LogP contribution in [0.2, 0.25) is 0 Å². The first kappa shape index (κ1) is 14.3. The molecule has 0 unspecified atom stereocenters. The highest BCUT2D eigenvalue weighted by atomic mass is 15.2. The molecule has 1 heterocycles. The zero-order valence-corrected chi connectivity index (χ0v) is 12.7. The standard InChI is InChI=1S/C16H27N3/c1-5-19(11-14-6-7-14)16-9-8-15(13(4)18-16)10-17-12(2)3/h8-9,12,14,17H,5-7,10-11H2,1-4H3. The van der Waals surface area contributed by atoms with Gasteiger partial charge in [-0.15, -0.1) is 0 Å². The number of anilines is 1. The molecule has 0 aliphatic heterocycles. The van der Waals surface area contributed by atoms with E-state index in [1.807, 2.05) is 0 Å². The zero-order chi connectivity index (χ0) is 13.8. The lowest BCUT2D eigenvalue weighted by Crippen LogP contribution is -2.27. The maximum atomic E-state index is 4.79. The molecular weight excluding hydrogens is 234 g/mol. The van der Waals surface area contributed by atoms with E-state index >= 15 is 0 Å². The second kappa shape index (κ2) is 6.38. The van der Waals surface area contributed by atoms with Crippen molar-refractivity contribution in [3.63, 3.8) is 0 Å². The summed E-state index contributed by atoms with van der Waals surface area (Å²) in [6.45, 7) is 11.8. The van der Waals surface area contributed by atoms with Crippen LogP contribution < -0.4 is 10.2 Å². The Bertz CT molecular complexity index is 410. The molecule has 1 aliphatic carbocycles. The van der Waals surface area contributed by atoms with Crippen LogP contribution in [0.15, 0.2) is 12.1 Å². The van der Waals surface area contributed by atoms with E-state index in [1.165, 1.54) is 24.9 Å². The minimum absolute atomic E-state index is 0.515. The van der Waals surface area contributed by atoms with Crippen LogP contribution in [0.4, 0.5) is 5.82 Å². The average Bonchev–Trinajstić information content (AvgIpc) is 3.18. The van der Waals surface area contributed by atoms with Crippen LogP contribution in [0.5, 0.6) is 0 Å². The van der Waals surface area contributed by atoms with Gasteiger partial charge >= 0.3 is 0 Å². The van der Waals surface area contributed by atoms with Crippen molar-refractivity contribution >= 4 is 5.82 Å². The number of pyridine rings is 1. The molecular formula is C16H27N3. The Kier molecular flexibility index (Phi) is 4.81. The Morgan fingerprint density at radius 2 is 2.11 bits per heavy atom. The molecule has 0 radical (unpaired) electrons. The van der Waals surface area contributed by atoms with E-state index in [2.05, 4.69) is 50.0 Å². The Morgan fingerprint density at radius 1 is 1.37 bits per heavy atom. The Hall–Kier alpha value is -1.09. The highest BCUT2D eigenvalue weighted by Gasteiger charge is 2.24. The Labute approximate surface area is 117 Å². The molecule has 1 aromatic rings. The van der Waals surface area contributed by atoms with Crippen LogP contribution in [-0.2, 0) is 6.54 Å². The molecule has 3 heteroatoms. The molecule has 0 spiro atoms. The van der Waals surface area contributed by atoms with E-state index < -0.39 is 0 Å². The third-order valence-corrected chi connectivity index (χ3v) is 3.76. The van der Waals surface area contributed by atoms with Gasteiger partial charge in [0.25, 0.3) is 0 Å². The van der Waals surface area contributed by atoms with Gasteiger partial charge in [0.1, 0.15) is 5.82 Å². The summed E-state index contributed by atoms with van der Waals surface area (Å²) in [7, 11) is 0. The van der Waals surface area contributed by atoms with Crippen molar-refractivity contribution in [2.24, 2.45) is 5.92 Å². The van der Waals surface area contributed by atoms with Crippen molar-refractivity contribution < 1.29 is 0 Å². The molecule has 1 saturated carbocycles. The van der Waals surface area contributed by atoms with Gasteiger partial charge in [-0.2, -0.15) is 0 Å². The average molecular weight is 261 g/mol. The van der Waals surface area contributed by atoms with Gasteiger partial charge in [0, 0.05) is 31.4 Å². The monoisotopic (exact) mass is 261 g/mol. The van der Waals surface area contributed by atoms with E-state index in [1.54, 1.807) is 0 Å². The normalized spacial score (nSPS) is 15.0. The van der Waals surface area contributed by atoms with Gasteiger partial charge in [-0.25, -0.2) is 4.98 Å². The first-order chi connectivity index (χ1) is 9.10. The molecule has 2 rings (SSSR count). The Balaban J connectivity index is 2.03. The van der Waals surface area contributed by atoms with E-state index in [0.717, 1.165) is 30.5 Å². The SMILES string of the molecule is CCN(CC1CC1)c1ccc(CNC(C)C)c(C)n1. The van der Waals surface area contributed by atoms with Crippen LogP contribution in [0.1, 0.15) is 44.9 Å². The fraction of sp³-hybridized carbons (Fsp3) is 0.688. The third-order valence-electron chi connectivity index (χ3n) is 3.76. The number of nitrogens with zero attached hydrogens (tertiary/aromatic N) is 2. The van der Waals surface area contributed by atoms with E-state index in [4.69, 9.17) is 4.98 Å². The summed E-state index contributed by atoms with van der Waals surface area (Å²) in [5.74, 6) is 2.05. The molecule has 1 N–H and O–H groups in total. The number of nitrogens with one attached hydrogen (secondary N) is 1. The molecule has 1 fully saturated rings. The van der Waals surface area contributed by atoms with Gasteiger partial charge in [-0.1, -0.05) is 19.9 Å². The fourth-order valence-electron chi connectivity index (χ4n) is 2.25. The maximum Gasteiger partial charge on any atom is 0.128 e. The second-order valence-electron chi connectivity index (χ2n) is 5.93. The number of hydrogen-bond donors (Lipinski definition) is 1. The summed E-state index contributed by atoms with van der Waals surface area (Å²) in [5.41, 5.74) is 2.46. The predicted octanol–water partition coefficient (Wildman–Crippen LogP) is 3.12. The molecule has 3 nitrogen and oxygen atoms in total. The molecule has 0 saturated heterocycles. The van der Waals surface area contributed by atoms with Crippen molar-refractivity contribution in [1.82, 2.24) is 10.3 Å². The lowest BCUT2D eigenvalue weighted by Gasteiger charge is -2.23. The van der Waals surface area contributed by atoms with Crippen molar-refractivity contribution in [3.8, 4) is 0 Å². The van der Waals surface area contributed by atoms with Crippen LogP contribution in [0.3, 0.4) is 0 Å². The van der Waals surface area contributed by atoms with Crippen LogP contribution >= 0.6 is 0 Å². The summed E-state index contributed by atoms with van der Waals surface area (Å²) in [5, 5.41) is 3.45. The highest BCUT2D eigenvalue weighted by molar-refractivity contribution is 5.41. The quantitative estimate of drug-likeness (QED) is 0.817. The number of hydrogen-bond acceptors (Lipinski definition) is 3. The zero-order valence-electron chi connectivity index (χ0n) is 12.7. The second-order valence-corrected chi connectivity index (χ2v) is 5.93. The topological polar surface area (TPSA) is 28.2 Å². The van der Waals surface area contributed by atoms with Crippen LogP contribution in [0.25, 0.3) is 0 Å².